The molecule has 1 N–H and O–H groups in total. The molecule has 5 heteroatoms. The molecular formula is C11H15N4O+. The zero-order valence-electron chi connectivity index (χ0n) is 9.62. The summed E-state index contributed by atoms with van der Waals surface area (Å²) in [6.07, 6.45) is 5.10. The van der Waals surface area contributed by atoms with E-state index in [2.05, 4.69) is 5.10 Å². The summed E-state index contributed by atoms with van der Waals surface area (Å²) in [5.41, 5.74) is 2.84. The van der Waals surface area contributed by atoms with Crippen molar-refractivity contribution in [2.75, 3.05) is 19.0 Å². The second-order valence-corrected chi connectivity index (χ2v) is 3.88. The standard InChI is InChI=1S/C11H15N4O/c1-9-11(13(2)3)8-15(12-9)10-5-4-6-14(16)7-10/h4-8,16H,1-3H3/q+1. The Morgan fingerprint density at radius 2 is 2.19 bits per heavy atom. The molecule has 0 saturated carbocycles. The van der Waals surface area contributed by atoms with Gasteiger partial charge in [-0.1, -0.05) is 0 Å². The summed E-state index contributed by atoms with van der Waals surface area (Å²) in [5, 5.41) is 13.7. The average Bonchev–Trinajstić information content (AvgIpc) is 2.60. The van der Waals surface area contributed by atoms with Crippen LogP contribution in [0.25, 0.3) is 5.69 Å². The smallest absolute Gasteiger partial charge is 0.247 e. The van der Waals surface area contributed by atoms with Crippen molar-refractivity contribution in [1.82, 2.24) is 9.78 Å². The Morgan fingerprint density at radius 3 is 2.75 bits per heavy atom. The number of nitrogens with zero attached hydrogens (tertiary/aromatic N) is 4. The minimum Gasteiger partial charge on any atom is -0.375 e. The van der Waals surface area contributed by atoms with Crippen LogP contribution in [0.15, 0.2) is 30.7 Å². The van der Waals surface area contributed by atoms with Crippen molar-refractivity contribution in [2.24, 2.45) is 0 Å². The van der Waals surface area contributed by atoms with Crippen molar-refractivity contribution >= 4 is 5.69 Å². The molecule has 2 aromatic rings. The van der Waals surface area contributed by atoms with Crippen molar-refractivity contribution in [3.8, 4) is 5.69 Å². The number of rotatable bonds is 2. The number of hydrogen-bond acceptors (Lipinski definition) is 3. The van der Waals surface area contributed by atoms with Gasteiger partial charge in [-0.15, -0.1) is 0 Å². The van der Waals surface area contributed by atoms with Gasteiger partial charge in [0.1, 0.15) is 5.69 Å². The second kappa shape index (κ2) is 3.84. The van der Waals surface area contributed by atoms with E-state index in [1.54, 1.807) is 23.1 Å². The van der Waals surface area contributed by atoms with Crippen LogP contribution in [0.2, 0.25) is 0 Å². The first kappa shape index (κ1) is 10.5. The van der Waals surface area contributed by atoms with Crippen LogP contribution in [-0.4, -0.2) is 29.1 Å². The third kappa shape index (κ3) is 1.84. The first-order valence-corrected chi connectivity index (χ1v) is 5.02. The van der Waals surface area contributed by atoms with Gasteiger partial charge in [0.05, 0.1) is 17.6 Å². The summed E-state index contributed by atoms with van der Waals surface area (Å²) in [6, 6.07) is 3.65. The van der Waals surface area contributed by atoms with E-state index in [0.29, 0.717) is 0 Å². The Labute approximate surface area is 94.1 Å². The van der Waals surface area contributed by atoms with Crippen molar-refractivity contribution in [2.45, 2.75) is 6.92 Å². The molecule has 2 aromatic heterocycles. The van der Waals surface area contributed by atoms with Crippen molar-refractivity contribution in [3.05, 3.63) is 36.4 Å². The maximum absolute atomic E-state index is 9.32. The largest absolute Gasteiger partial charge is 0.375 e. The van der Waals surface area contributed by atoms with E-state index in [0.717, 1.165) is 21.8 Å². The highest BCUT2D eigenvalue weighted by atomic mass is 16.5. The summed E-state index contributed by atoms with van der Waals surface area (Å²) in [5.74, 6) is 0. The van der Waals surface area contributed by atoms with Crippen molar-refractivity contribution in [1.29, 1.82) is 0 Å². The van der Waals surface area contributed by atoms with Gasteiger partial charge in [0, 0.05) is 24.9 Å². The van der Waals surface area contributed by atoms with E-state index < -0.39 is 0 Å². The van der Waals surface area contributed by atoms with Crippen LogP contribution >= 0.6 is 0 Å². The lowest BCUT2D eigenvalue weighted by Crippen LogP contribution is -2.29. The third-order valence-corrected chi connectivity index (χ3v) is 2.39. The van der Waals surface area contributed by atoms with Crippen LogP contribution in [-0.2, 0) is 0 Å². The molecule has 2 heterocycles. The third-order valence-electron chi connectivity index (χ3n) is 2.39. The molecule has 0 aliphatic heterocycles. The highest BCUT2D eigenvalue weighted by Crippen LogP contribution is 2.17. The normalized spacial score (nSPS) is 10.4. The first-order chi connectivity index (χ1) is 7.58. The predicted octanol–water partition coefficient (Wildman–Crippen LogP) is 0.772. The van der Waals surface area contributed by atoms with E-state index in [9.17, 15) is 5.21 Å². The zero-order valence-corrected chi connectivity index (χ0v) is 9.62. The fourth-order valence-electron chi connectivity index (χ4n) is 1.61. The fraction of sp³-hybridized carbons (Fsp3) is 0.273. The summed E-state index contributed by atoms with van der Waals surface area (Å²) in [6.45, 7) is 1.96. The number of pyridine rings is 1. The van der Waals surface area contributed by atoms with Gasteiger partial charge in [0.2, 0.25) is 12.4 Å². The van der Waals surface area contributed by atoms with Crippen LogP contribution in [0.5, 0.6) is 0 Å². The van der Waals surface area contributed by atoms with Crippen molar-refractivity contribution < 1.29 is 9.94 Å². The molecule has 0 aliphatic rings. The van der Waals surface area contributed by atoms with Gasteiger partial charge in [0.15, 0.2) is 0 Å². The lowest BCUT2D eigenvalue weighted by molar-refractivity contribution is -0.904. The molecule has 0 bridgehead atoms. The number of aryl methyl sites for hydroxylation is 1. The topological polar surface area (TPSA) is 45.2 Å². The Hall–Kier alpha value is -2.04. The Morgan fingerprint density at radius 1 is 1.44 bits per heavy atom. The molecule has 2 rings (SSSR count). The molecular weight excluding hydrogens is 204 g/mol. The zero-order chi connectivity index (χ0) is 11.7. The predicted molar refractivity (Wildman–Crippen MR) is 60.0 cm³/mol. The molecule has 5 nitrogen and oxygen atoms in total. The van der Waals surface area contributed by atoms with E-state index in [1.807, 2.05) is 38.2 Å². The Bertz CT molecular complexity index is 504. The molecule has 0 unspecified atom stereocenters. The molecule has 0 amide bonds. The second-order valence-electron chi connectivity index (χ2n) is 3.88. The number of aromatic nitrogens is 3. The maximum Gasteiger partial charge on any atom is 0.247 e. The van der Waals surface area contributed by atoms with Gasteiger partial charge in [-0.3, -0.25) is 5.21 Å². The fourth-order valence-corrected chi connectivity index (χ4v) is 1.61. The minimum atomic E-state index is 0.821. The maximum atomic E-state index is 9.32. The molecule has 0 atom stereocenters. The first-order valence-electron chi connectivity index (χ1n) is 5.02. The lowest BCUT2D eigenvalue weighted by Gasteiger charge is -2.08. The molecule has 84 valence electrons. The lowest BCUT2D eigenvalue weighted by atomic mass is 10.4. The molecule has 16 heavy (non-hydrogen) atoms. The Balaban J connectivity index is 2.45. The molecule has 0 radical (unpaired) electrons. The van der Waals surface area contributed by atoms with Gasteiger partial charge >= 0.3 is 0 Å². The van der Waals surface area contributed by atoms with Gasteiger partial charge in [-0.2, -0.15) is 5.10 Å². The van der Waals surface area contributed by atoms with Crippen molar-refractivity contribution in [3.63, 3.8) is 0 Å². The average molecular weight is 219 g/mol. The van der Waals surface area contributed by atoms with E-state index in [1.165, 1.54) is 0 Å². The van der Waals surface area contributed by atoms with Gasteiger partial charge in [-0.05, 0) is 13.0 Å². The van der Waals surface area contributed by atoms with Crippen LogP contribution in [0.4, 0.5) is 5.69 Å². The highest BCUT2D eigenvalue weighted by Gasteiger charge is 2.09. The molecule has 0 aromatic carbocycles. The van der Waals surface area contributed by atoms with Crippen LogP contribution in [0.1, 0.15) is 5.69 Å². The minimum absolute atomic E-state index is 0.821. The summed E-state index contributed by atoms with van der Waals surface area (Å²) >= 11 is 0. The monoisotopic (exact) mass is 219 g/mol. The molecule has 0 fully saturated rings. The van der Waals surface area contributed by atoms with E-state index >= 15 is 0 Å². The van der Waals surface area contributed by atoms with Gasteiger partial charge in [0.25, 0.3) is 0 Å². The van der Waals surface area contributed by atoms with Crippen LogP contribution < -0.4 is 9.63 Å². The summed E-state index contributed by atoms with van der Waals surface area (Å²) in [7, 11) is 3.96. The molecule has 0 spiro atoms. The van der Waals surface area contributed by atoms with Crippen LogP contribution in [0.3, 0.4) is 0 Å². The van der Waals surface area contributed by atoms with Crippen LogP contribution in [0, 0.1) is 6.92 Å². The number of anilines is 1. The Kier molecular flexibility index (Phi) is 2.52. The quantitative estimate of drug-likeness (QED) is 0.599. The van der Waals surface area contributed by atoms with Gasteiger partial charge < -0.3 is 4.90 Å². The number of hydrogen-bond donors (Lipinski definition) is 1. The van der Waals surface area contributed by atoms with Gasteiger partial charge in [-0.25, -0.2) is 4.68 Å². The highest BCUT2D eigenvalue weighted by molar-refractivity contribution is 5.49. The summed E-state index contributed by atoms with van der Waals surface area (Å²) in [4.78, 5) is 2.01. The van der Waals surface area contributed by atoms with E-state index in [-0.39, 0.29) is 0 Å². The molecule has 0 aliphatic carbocycles. The summed E-state index contributed by atoms with van der Waals surface area (Å²) < 4.78 is 2.76. The SMILES string of the molecule is Cc1nn(-c2ccc[n+](O)c2)cc1N(C)C. The molecule has 0 saturated heterocycles. The van der Waals surface area contributed by atoms with E-state index in [4.69, 9.17) is 0 Å².